The van der Waals surface area contributed by atoms with Crippen LogP contribution in [0.4, 0.5) is 11.4 Å². The SMILES string of the molecule is O=C(Nc1ccc(NC(=O)c2ccco2)c(Cl)c1)c1cc2c3c(cccc3c1)CC2. The Morgan fingerprint density at radius 1 is 0.867 bits per heavy atom. The van der Waals surface area contributed by atoms with E-state index < -0.39 is 5.91 Å². The van der Waals surface area contributed by atoms with Gasteiger partial charge in [-0.15, -0.1) is 0 Å². The molecule has 5 nitrogen and oxygen atoms in total. The molecule has 6 heteroatoms. The van der Waals surface area contributed by atoms with Crippen LogP contribution in [-0.2, 0) is 12.8 Å². The Morgan fingerprint density at radius 3 is 2.53 bits per heavy atom. The summed E-state index contributed by atoms with van der Waals surface area (Å²) < 4.78 is 5.07. The Morgan fingerprint density at radius 2 is 1.73 bits per heavy atom. The molecule has 1 aliphatic rings. The third-order valence-electron chi connectivity index (χ3n) is 5.29. The molecule has 0 saturated heterocycles. The molecular formula is C24H17ClN2O3. The predicted octanol–water partition coefficient (Wildman–Crippen LogP) is 5.69. The van der Waals surface area contributed by atoms with Crippen molar-refractivity contribution in [1.29, 1.82) is 0 Å². The molecule has 1 aliphatic carbocycles. The van der Waals surface area contributed by atoms with Crippen LogP contribution in [0.25, 0.3) is 10.8 Å². The predicted molar refractivity (Wildman–Crippen MR) is 117 cm³/mol. The van der Waals surface area contributed by atoms with E-state index in [1.165, 1.54) is 22.8 Å². The number of benzene rings is 3. The van der Waals surface area contributed by atoms with Gasteiger partial charge in [0.2, 0.25) is 0 Å². The molecule has 148 valence electrons. The summed E-state index contributed by atoms with van der Waals surface area (Å²) >= 11 is 6.30. The smallest absolute Gasteiger partial charge is 0.291 e. The second kappa shape index (κ2) is 7.35. The van der Waals surface area contributed by atoms with Gasteiger partial charge in [-0.1, -0.05) is 29.8 Å². The van der Waals surface area contributed by atoms with E-state index >= 15 is 0 Å². The normalized spacial score (nSPS) is 12.2. The molecule has 0 spiro atoms. The van der Waals surface area contributed by atoms with E-state index in [-0.39, 0.29) is 11.7 Å². The Labute approximate surface area is 177 Å². The summed E-state index contributed by atoms with van der Waals surface area (Å²) in [7, 11) is 0. The molecule has 1 aromatic heterocycles. The molecule has 0 radical (unpaired) electrons. The molecular weight excluding hydrogens is 400 g/mol. The second-order valence-corrected chi connectivity index (χ2v) is 7.64. The van der Waals surface area contributed by atoms with Crippen molar-refractivity contribution in [1.82, 2.24) is 0 Å². The molecule has 0 unspecified atom stereocenters. The van der Waals surface area contributed by atoms with Crippen LogP contribution in [0.2, 0.25) is 5.02 Å². The van der Waals surface area contributed by atoms with Crippen molar-refractivity contribution in [3.8, 4) is 0 Å². The van der Waals surface area contributed by atoms with Crippen molar-refractivity contribution < 1.29 is 14.0 Å². The lowest BCUT2D eigenvalue weighted by Crippen LogP contribution is -2.13. The molecule has 0 atom stereocenters. The lowest BCUT2D eigenvalue weighted by molar-refractivity contribution is 0.0994. The highest BCUT2D eigenvalue weighted by Crippen LogP contribution is 2.32. The minimum atomic E-state index is -0.396. The maximum absolute atomic E-state index is 12.8. The minimum absolute atomic E-state index is 0.191. The van der Waals surface area contributed by atoms with Gasteiger partial charge in [-0.2, -0.15) is 0 Å². The van der Waals surface area contributed by atoms with Crippen LogP contribution in [0.5, 0.6) is 0 Å². The Bertz CT molecular complexity index is 1300. The van der Waals surface area contributed by atoms with Gasteiger partial charge < -0.3 is 15.1 Å². The molecule has 2 N–H and O–H groups in total. The molecule has 3 aromatic carbocycles. The van der Waals surface area contributed by atoms with Gasteiger partial charge in [0.05, 0.1) is 17.0 Å². The Kier molecular flexibility index (Phi) is 4.52. The fraction of sp³-hybridized carbons (Fsp3) is 0.0833. The monoisotopic (exact) mass is 416 g/mol. The number of anilines is 2. The van der Waals surface area contributed by atoms with Crippen LogP contribution in [-0.4, -0.2) is 11.8 Å². The highest BCUT2D eigenvalue weighted by Gasteiger charge is 2.18. The third kappa shape index (κ3) is 3.33. The van der Waals surface area contributed by atoms with Crippen LogP contribution >= 0.6 is 11.6 Å². The molecule has 0 saturated carbocycles. The molecule has 2 amide bonds. The van der Waals surface area contributed by atoms with E-state index in [9.17, 15) is 9.59 Å². The van der Waals surface area contributed by atoms with Crippen molar-refractivity contribution >= 4 is 45.6 Å². The van der Waals surface area contributed by atoms with Crippen LogP contribution in [0.3, 0.4) is 0 Å². The summed E-state index contributed by atoms with van der Waals surface area (Å²) in [6, 6.07) is 18.2. The molecule has 0 aliphatic heterocycles. The van der Waals surface area contributed by atoms with Gasteiger partial charge in [-0.3, -0.25) is 9.59 Å². The van der Waals surface area contributed by atoms with E-state index in [1.807, 2.05) is 24.3 Å². The van der Waals surface area contributed by atoms with E-state index in [0.29, 0.717) is 22.0 Å². The zero-order valence-electron chi connectivity index (χ0n) is 15.9. The van der Waals surface area contributed by atoms with Crippen molar-refractivity contribution in [2.24, 2.45) is 0 Å². The number of hydrogen-bond donors (Lipinski definition) is 2. The summed E-state index contributed by atoms with van der Waals surface area (Å²) in [5.74, 6) is -0.405. The number of hydrogen-bond acceptors (Lipinski definition) is 3. The summed E-state index contributed by atoms with van der Waals surface area (Å²) in [4.78, 5) is 24.9. The summed E-state index contributed by atoms with van der Waals surface area (Å²) in [6.45, 7) is 0. The summed E-state index contributed by atoms with van der Waals surface area (Å²) in [6.07, 6.45) is 3.39. The van der Waals surface area contributed by atoms with Crippen molar-refractivity contribution in [3.63, 3.8) is 0 Å². The zero-order valence-corrected chi connectivity index (χ0v) is 16.6. The lowest BCUT2D eigenvalue weighted by Gasteiger charge is -2.11. The standard InChI is InChI=1S/C24H17ClN2O3/c25-19-13-18(8-9-20(19)27-24(29)21-5-2-10-30-21)26-23(28)17-11-15-4-1-3-14-6-7-16(12-17)22(14)15/h1-5,8-13H,6-7H2,(H,26,28)(H,27,29). The van der Waals surface area contributed by atoms with E-state index in [2.05, 4.69) is 16.7 Å². The van der Waals surface area contributed by atoms with Gasteiger partial charge in [0.25, 0.3) is 11.8 Å². The van der Waals surface area contributed by atoms with E-state index in [4.69, 9.17) is 16.0 Å². The van der Waals surface area contributed by atoms with Gasteiger partial charge in [0.15, 0.2) is 5.76 Å². The van der Waals surface area contributed by atoms with Crippen LogP contribution < -0.4 is 10.6 Å². The fourth-order valence-corrected chi connectivity index (χ4v) is 4.12. The number of halogens is 1. The van der Waals surface area contributed by atoms with Crippen LogP contribution in [0, 0.1) is 0 Å². The number of nitrogens with one attached hydrogen (secondary N) is 2. The molecule has 4 aromatic rings. The maximum Gasteiger partial charge on any atom is 0.291 e. The van der Waals surface area contributed by atoms with Crippen molar-refractivity contribution in [2.75, 3.05) is 10.6 Å². The highest BCUT2D eigenvalue weighted by atomic mass is 35.5. The third-order valence-corrected chi connectivity index (χ3v) is 5.60. The summed E-state index contributed by atoms with van der Waals surface area (Å²) in [5, 5.41) is 8.25. The Hall–Kier alpha value is -3.57. The van der Waals surface area contributed by atoms with Crippen LogP contribution in [0.15, 0.2) is 71.3 Å². The highest BCUT2D eigenvalue weighted by molar-refractivity contribution is 6.34. The topological polar surface area (TPSA) is 71.3 Å². The fourth-order valence-electron chi connectivity index (χ4n) is 3.90. The first-order chi connectivity index (χ1) is 14.6. The largest absolute Gasteiger partial charge is 0.459 e. The lowest BCUT2D eigenvalue weighted by atomic mass is 10.0. The first-order valence-corrected chi connectivity index (χ1v) is 9.96. The van der Waals surface area contributed by atoms with Crippen molar-refractivity contribution in [3.05, 3.63) is 94.4 Å². The maximum atomic E-state index is 12.8. The van der Waals surface area contributed by atoms with Crippen LogP contribution in [0.1, 0.15) is 32.0 Å². The number of carbonyl (C=O) groups excluding carboxylic acids is 2. The zero-order chi connectivity index (χ0) is 20.7. The first-order valence-electron chi connectivity index (χ1n) is 9.59. The average Bonchev–Trinajstić information content (AvgIpc) is 3.41. The van der Waals surface area contributed by atoms with Crippen molar-refractivity contribution in [2.45, 2.75) is 12.8 Å². The minimum Gasteiger partial charge on any atom is -0.459 e. The van der Waals surface area contributed by atoms with Gasteiger partial charge in [0.1, 0.15) is 0 Å². The second-order valence-electron chi connectivity index (χ2n) is 7.23. The molecule has 0 bridgehead atoms. The van der Waals surface area contributed by atoms with Gasteiger partial charge >= 0.3 is 0 Å². The molecule has 5 rings (SSSR count). The Balaban J connectivity index is 1.35. The number of rotatable bonds is 4. The number of aryl methyl sites for hydroxylation is 2. The molecule has 1 heterocycles. The quantitative estimate of drug-likeness (QED) is 0.449. The number of carbonyl (C=O) groups is 2. The average molecular weight is 417 g/mol. The number of furan rings is 1. The molecule has 30 heavy (non-hydrogen) atoms. The van der Waals surface area contributed by atoms with Gasteiger partial charge in [-0.25, -0.2) is 0 Å². The van der Waals surface area contributed by atoms with Gasteiger partial charge in [-0.05, 0) is 77.2 Å². The number of amides is 2. The van der Waals surface area contributed by atoms with E-state index in [0.717, 1.165) is 18.2 Å². The first kappa shape index (κ1) is 18.5. The van der Waals surface area contributed by atoms with Gasteiger partial charge in [0, 0.05) is 11.3 Å². The van der Waals surface area contributed by atoms with E-state index in [1.54, 1.807) is 30.3 Å². The summed E-state index contributed by atoms with van der Waals surface area (Å²) in [5.41, 5.74) is 4.15. The molecule has 0 fully saturated rings.